The number of hydrogen-bond acceptors (Lipinski definition) is 7. The van der Waals surface area contributed by atoms with E-state index in [0.717, 1.165) is 5.56 Å². The molecule has 0 heterocycles. The standard InChI is InChI=1S/C19H26ClIO7/c1-15-2-3-17(16(20)14-15)28-19(23)5-7-25-9-11-27-13-12-26-10-8-24-6-4-18(21)22/h2-3,14H,4-13H2,1H3. The summed E-state index contributed by atoms with van der Waals surface area (Å²) in [6, 6.07) is 5.24. The zero-order valence-electron chi connectivity index (χ0n) is 15.9. The molecule has 158 valence electrons. The first kappa shape index (κ1) is 25.3. The van der Waals surface area contributed by atoms with Crippen LogP contribution >= 0.6 is 34.2 Å². The summed E-state index contributed by atoms with van der Waals surface area (Å²) in [5.74, 6) is -0.0466. The van der Waals surface area contributed by atoms with E-state index < -0.39 is 5.97 Å². The lowest BCUT2D eigenvalue weighted by Gasteiger charge is -2.08. The number of hydrogen-bond donors (Lipinski definition) is 0. The van der Waals surface area contributed by atoms with Crippen molar-refractivity contribution in [1.82, 2.24) is 0 Å². The van der Waals surface area contributed by atoms with Crippen molar-refractivity contribution in [3.63, 3.8) is 0 Å². The molecule has 0 unspecified atom stereocenters. The molecule has 0 amide bonds. The Labute approximate surface area is 184 Å². The molecule has 1 aromatic rings. The first-order valence-corrected chi connectivity index (χ1v) is 10.4. The van der Waals surface area contributed by atoms with Gasteiger partial charge >= 0.3 is 5.97 Å². The molecule has 28 heavy (non-hydrogen) atoms. The molecular weight excluding hydrogens is 503 g/mol. The molecule has 0 aliphatic heterocycles. The van der Waals surface area contributed by atoms with Crippen LogP contribution in [0.15, 0.2) is 18.2 Å². The summed E-state index contributed by atoms with van der Waals surface area (Å²) in [6.45, 7) is 5.19. The maximum Gasteiger partial charge on any atom is 0.313 e. The molecule has 0 aliphatic carbocycles. The molecule has 0 saturated heterocycles. The highest BCUT2D eigenvalue weighted by Crippen LogP contribution is 2.25. The van der Waals surface area contributed by atoms with Crippen molar-refractivity contribution in [2.75, 3.05) is 52.9 Å². The van der Waals surface area contributed by atoms with E-state index in [-0.39, 0.29) is 16.8 Å². The Balaban J connectivity index is 1.88. The average molecular weight is 529 g/mol. The average Bonchev–Trinajstić information content (AvgIpc) is 2.64. The molecule has 0 fully saturated rings. The van der Waals surface area contributed by atoms with E-state index >= 15 is 0 Å². The maximum absolute atomic E-state index is 11.7. The fourth-order valence-corrected chi connectivity index (χ4v) is 2.43. The third kappa shape index (κ3) is 13.4. The summed E-state index contributed by atoms with van der Waals surface area (Å²) < 4.78 is 26.5. The predicted octanol–water partition coefficient (Wildman–Crippen LogP) is 3.36. The minimum Gasteiger partial charge on any atom is -0.425 e. The molecule has 9 heteroatoms. The van der Waals surface area contributed by atoms with Crippen molar-refractivity contribution in [1.29, 1.82) is 0 Å². The van der Waals surface area contributed by atoms with Crippen molar-refractivity contribution in [3.8, 4) is 5.75 Å². The molecule has 7 nitrogen and oxygen atoms in total. The van der Waals surface area contributed by atoms with Gasteiger partial charge in [-0.2, -0.15) is 0 Å². The van der Waals surface area contributed by atoms with Crippen LogP contribution in [0, 0.1) is 6.92 Å². The maximum atomic E-state index is 11.7. The zero-order valence-corrected chi connectivity index (χ0v) is 18.8. The topological polar surface area (TPSA) is 80.3 Å². The van der Waals surface area contributed by atoms with Crippen LogP contribution in [0.5, 0.6) is 5.75 Å². The fraction of sp³-hybridized carbons (Fsp3) is 0.579. The van der Waals surface area contributed by atoms with Gasteiger partial charge in [-0.05, 0) is 47.2 Å². The van der Waals surface area contributed by atoms with Gasteiger partial charge < -0.3 is 23.7 Å². The van der Waals surface area contributed by atoms with Gasteiger partial charge in [-0.3, -0.25) is 9.59 Å². The lowest BCUT2D eigenvalue weighted by molar-refractivity contribution is -0.135. The van der Waals surface area contributed by atoms with Crippen LogP contribution in [-0.2, 0) is 28.5 Å². The van der Waals surface area contributed by atoms with Crippen molar-refractivity contribution in [3.05, 3.63) is 28.8 Å². The van der Waals surface area contributed by atoms with E-state index in [1.54, 1.807) is 34.7 Å². The Morgan fingerprint density at radius 2 is 1.36 bits per heavy atom. The second kappa shape index (κ2) is 16.1. The van der Waals surface area contributed by atoms with Crippen LogP contribution in [0.3, 0.4) is 0 Å². The van der Waals surface area contributed by atoms with E-state index in [1.807, 2.05) is 13.0 Å². The van der Waals surface area contributed by atoms with Crippen molar-refractivity contribution in [2.24, 2.45) is 0 Å². The van der Waals surface area contributed by atoms with Gasteiger partial charge in [-0.1, -0.05) is 17.7 Å². The second-order valence-corrected chi connectivity index (χ2v) is 7.32. The number of carbonyl (C=O) groups excluding carboxylic acids is 2. The number of ether oxygens (including phenoxy) is 5. The quantitative estimate of drug-likeness (QED) is 0.107. The van der Waals surface area contributed by atoms with E-state index in [9.17, 15) is 9.59 Å². The third-order valence-corrected chi connectivity index (χ3v) is 4.16. The van der Waals surface area contributed by atoms with Gasteiger partial charge in [0.1, 0.15) is 5.75 Å². The Kier molecular flexibility index (Phi) is 14.5. The van der Waals surface area contributed by atoms with Gasteiger partial charge in [0.25, 0.3) is 0 Å². The van der Waals surface area contributed by atoms with E-state index in [0.29, 0.717) is 63.4 Å². The lowest BCUT2D eigenvalue weighted by atomic mass is 10.2. The summed E-state index contributed by atoms with van der Waals surface area (Å²) in [6.07, 6.45) is 0.553. The van der Waals surface area contributed by atoms with Crippen LogP contribution < -0.4 is 4.74 Å². The highest BCUT2D eigenvalue weighted by Gasteiger charge is 2.08. The van der Waals surface area contributed by atoms with Gasteiger partial charge in [0, 0.05) is 6.42 Å². The van der Waals surface area contributed by atoms with E-state index in [1.165, 1.54) is 0 Å². The molecule has 1 rings (SSSR count). The SMILES string of the molecule is Cc1ccc(OC(=O)CCOCCOCCOCCOCCC(=O)I)c(Cl)c1. The van der Waals surface area contributed by atoms with Gasteiger partial charge in [0.2, 0.25) is 0 Å². The minimum atomic E-state index is -0.398. The molecule has 0 atom stereocenters. The Bertz CT molecular complexity index is 598. The predicted molar refractivity (Wildman–Crippen MR) is 113 cm³/mol. The molecule has 0 spiro atoms. The Morgan fingerprint density at radius 1 is 0.857 bits per heavy atom. The van der Waals surface area contributed by atoms with Gasteiger partial charge in [0.05, 0.1) is 64.3 Å². The normalized spacial score (nSPS) is 10.8. The number of esters is 1. The van der Waals surface area contributed by atoms with Crippen LogP contribution in [-0.4, -0.2) is 62.6 Å². The number of benzene rings is 1. The third-order valence-electron chi connectivity index (χ3n) is 3.32. The van der Waals surface area contributed by atoms with Gasteiger partial charge in [-0.15, -0.1) is 0 Å². The summed E-state index contributed by atoms with van der Waals surface area (Å²) in [4.78, 5) is 22.4. The minimum absolute atomic E-state index is 0.0849. The Hall–Kier alpha value is -0.780. The molecule has 0 aliphatic rings. The summed E-state index contributed by atoms with van der Waals surface area (Å²) in [5.41, 5.74) is 0.997. The van der Waals surface area contributed by atoms with Crippen LogP contribution in [0.2, 0.25) is 5.02 Å². The molecule has 0 N–H and O–H groups in total. The smallest absolute Gasteiger partial charge is 0.313 e. The number of rotatable bonds is 16. The lowest BCUT2D eigenvalue weighted by Crippen LogP contribution is -2.14. The zero-order chi connectivity index (χ0) is 20.6. The fourth-order valence-electron chi connectivity index (χ4n) is 1.93. The molecule has 0 radical (unpaired) electrons. The van der Waals surface area contributed by atoms with Gasteiger partial charge in [0.15, 0.2) is 3.79 Å². The Morgan fingerprint density at radius 3 is 1.86 bits per heavy atom. The summed E-state index contributed by atoms with van der Waals surface area (Å²) in [5, 5.41) is 0.409. The monoisotopic (exact) mass is 528 g/mol. The van der Waals surface area contributed by atoms with E-state index in [4.69, 9.17) is 35.3 Å². The molecule has 0 saturated carbocycles. The van der Waals surface area contributed by atoms with Crippen LogP contribution in [0.1, 0.15) is 18.4 Å². The number of halogens is 2. The van der Waals surface area contributed by atoms with Crippen molar-refractivity contribution in [2.45, 2.75) is 19.8 Å². The first-order valence-electron chi connectivity index (χ1n) is 8.95. The highest BCUT2D eigenvalue weighted by molar-refractivity contribution is 14.1. The molecule has 0 aromatic heterocycles. The summed E-state index contributed by atoms with van der Waals surface area (Å²) >= 11 is 7.76. The van der Waals surface area contributed by atoms with Crippen molar-refractivity contribution >= 4 is 44.0 Å². The summed E-state index contributed by atoms with van der Waals surface area (Å²) in [7, 11) is 0. The van der Waals surface area contributed by atoms with Crippen LogP contribution in [0.25, 0.3) is 0 Å². The van der Waals surface area contributed by atoms with Crippen LogP contribution in [0.4, 0.5) is 0 Å². The highest BCUT2D eigenvalue weighted by atomic mass is 127. The number of carbonyl (C=O) groups is 2. The molecule has 0 bridgehead atoms. The van der Waals surface area contributed by atoms with E-state index in [2.05, 4.69) is 0 Å². The molecular formula is C19H26ClIO7. The first-order chi connectivity index (χ1) is 13.5. The van der Waals surface area contributed by atoms with Gasteiger partial charge in [-0.25, -0.2) is 0 Å². The van der Waals surface area contributed by atoms with Crippen molar-refractivity contribution < 1.29 is 33.3 Å². The largest absolute Gasteiger partial charge is 0.425 e. The molecule has 1 aromatic carbocycles. The second-order valence-electron chi connectivity index (χ2n) is 5.71. The number of aryl methyl sites for hydroxylation is 1.